The number of nitrogens with zero attached hydrogens (tertiary/aromatic N) is 2. The van der Waals surface area contributed by atoms with Gasteiger partial charge in [0.2, 0.25) is 0 Å². The van der Waals surface area contributed by atoms with Crippen LogP contribution in [0.2, 0.25) is 0 Å². The third-order valence-electron chi connectivity index (χ3n) is 3.61. The maximum Gasteiger partial charge on any atom is 0.252 e. The van der Waals surface area contributed by atoms with Crippen molar-refractivity contribution in [3.8, 4) is 0 Å². The molecule has 6 nitrogen and oxygen atoms in total. The van der Waals surface area contributed by atoms with Crippen molar-refractivity contribution >= 4 is 38.7 Å². The summed E-state index contributed by atoms with van der Waals surface area (Å²) in [6.07, 6.45) is 1.62. The predicted octanol–water partition coefficient (Wildman–Crippen LogP) is 1.72. The fourth-order valence-corrected chi connectivity index (χ4v) is 5.18. The van der Waals surface area contributed by atoms with E-state index in [1.165, 1.54) is 15.6 Å². The van der Waals surface area contributed by atoms with Crippen LogP contribution in [0.5, 0.6) is 0 Å². The Hall–Kier alpha value is -1.42. The molecule has 9 heteroatoms. The van der Waals surface area contributed by atoms with Gasteiger partial charge in [0.1, 0.15) is 9.97 Å². The van der Waals surface area contributed by atoms with Gasteiger partial charge in [-0.25, -0.2) is 8.42 Å². The first-order chi connectivity index (χ1) is 11.1. The first kappa shape index (κ1) is 16.4. The number of thiocarbonyl (C=S) groups is 1. The average Bonchev–Trinajstić information content (AvgIpc) is 3.26. The molecular weight excluding hydrogens is 354 g/mol. The lowest BCUT2D eigenvalue weighted by atomic mass is 10.4. The summed E-state index contributed by atoms with van der Waals surface area (Å²) in [6.45, 7) is 2.55. The number of piperazine rings is 1. The van der Waals surface area contributed by atoms with Crippen molar-refractivity contribution in [3.05, 3.63) is 41.7 Å². The number of hydrogen-bond acceptors (Lipinski definition) is 5. The largest absolute Gasteiger partial charge is 0.467 e. The standard InChI is InChI=1S/C14H17N3O3S3/c18-23(19,13-4-2-10-22-13)17-7-5-16(6-8-17)14(21)15-11-12-3-1-9-20-12/h1-4,9-10H,5-8,11H2,(H,15,21). The Morgan fingerprint density at radius 1 is 1.26 bits per heavy atom. The second-order valence-corrected chi connectivity index (χ2v) is 8.56. The second kappa shape index (κ2) is 7.00. The zero-order valence-corrected chi connectivity index (χ0v) is 14.8. The van der Waals surface area contributed by atoms with Crippen LogP contribution >= 0.6 is 23.6 Å². The number of nitrogens with one attached hydrogen (secondary N) is 1. The molecule has 2 aromatic heterocycles. The van der Waals surface area contributed by atoms with E-state index >= 15 is 0 Å². The molecule has 0 atom stereocenters. The maximum atomic E-state index is 12.5. The van der Waals surface area contributed by atoms with Crippen molar-refractivity contribution in [2.45, 2.75) is 10.8 Å². The van der Waals surface area contributed by atoms with Gasteiger partial charge in [-0.2, -0.15) is 4.31 Å². The molecule has 0 unspecified atom stereocenters. The third-order valence-corrected chi connectivity index (χ3v) is 7.28. The highest BCUT2D eigenvalue weighted by atomic mass is 32.2. The minimum absolute atomic E-state index is 0.393. The lowest BCUT2D eigenvalue weighted by Crippen LogP contribution is -2.52. The average molecular weight is 372 g/mol. The molecule has 0 bridgehead atoms. The van der Waals surface area contributed by atoms with E-state index < -0.39 is 10.0 Å². The number of hydrogen-bond donors (Lipinski definition) is 1. The first-order valence-electron chi connectivity index (χ1n) is 7.16. The molecule has 124 valence electrons. The molecule has 1 saturated heterocycles. The number of sulfonamides is 1. The molecule has 1 aliphatic heterocycles. The highest BCUT2D eigenvalue weighted by molar-refractivity contribution is 7.91. The van der Waals surface area contributed by atoms with Gasteiger partial charge >= 0.3 is 0 Å². The van der Waals surface area contributed by atoms with Gasteiger partial charge in [-0.3, -0.25) is 0 Å². The van der Waals surface area contributed by atoms with Gasteiger partial charge in [-0.05, 0) is 35.8 Å². The molecule has 0 aliphatic carbocycles. The van der Waals surface area contributed by atoms with Gasteiger partial charge in [0.15, 0.2) is 5.11 Å². The van der Waals surface area contributed by atoms with Gasteiger partial charge in [0.25, 0.3) is 10.0 Å². The van der Waals surface area contributed by atoms with Gasteiger partial charge in [-0.15, -0.1) is 11.3 Å². The maximum absolute atomic E-state index is 12.5. The summed E-state index contributed by atoms with van der Waals surface area (Å²) in [5.74, 6) is 0.811. The predicted molar refractivity (Wildman–Crippen MR) is 92.8 cm³/mol. The van der Waals surface area contributed by atoms with E-state index in [2.05, 4.69) is 5.32 Å². The van der Waals surface area contributed by atoms with E-state index in [0.717, 1.165) is 5.76 Å². The van der Waals surface area contributed by atoms with Crippen LogP contribution in [-0.4, -0.2) is 48.9 Å². The summed E-state index contributed by atoms with van der Waals surface area (Å²) in [7, 11) is -3.37. The van der Waals surface area contributed by atoms with Crippen LogP contribution in [0.3, 0.4) is 0 Å². The zero-order chi connectivity index (χ0) is 16.3. The lowest BCUT2D eigenvalue weighted by molar-refractivity contribution is 0.264. The molecular formula is C14H17N3O3S3. The van der Waals surface area contributed by atoms with Gasteiger partial charge in [0, 0.05) is 26.2 Å². The minimum Gasteiger partial charge on any atom is -0.467 e. The van der Waals surface area contributed by atoms with Crippen molar-refractivity contribution < 1.29 is 12.8 Å². The number of furan rings is 1. The fraction of sp³-hybridized carbons (Fsp3) is 0.357. The molecule has 0 spiro atoms. The van der Waals surface area contributed by atoms with Gasteiger partial charge < -0.3 is 14.6 Å². The SMILES string of the molecule is O=S(=O)(c1cccs1)N1CCN(C(=S)NCc2ccco2)CC1. The highest BCUT2D eigenvalue weighted by Gasteiger charge is 2.29. The van der Waals surface area contributed by atoms with Crippen LogP contribution in [0.1, 0.15) is 5.76 Å². The molecule has 1 fully saturated rings. The van der Waals surface area contributed by atoms with Crippen molar-refractivity contribution in [1.82, 2.24) is 14.5 Å². The van der Waals surface area contributed by atoms with Crippen molar-refractivity contribution in [2.24, 2.45) is 0 Å². The van der Waals surface area contributed by atoms with E-state index in [1.807, 2.05) is 17.0 Å². The smallest absolute Gasteiger partial charge is 0.252 e. The Bertz CT molecular complexity index is 734. The molecule has 0 aromatic carbocycles. The Morgan fingerprint density at radius 2 is 2.04 bits per heavy atom. The van der Waals surface area contributed by atoms with Crippen LogP contribution < -0.4 is 5.32 Å². The summed E-state index contributed by atoms with van der Waals surface area (Å²) < 4.78 is 32.1. The summed E-state index contributed by atoms with van der Waals surface area (Å²) in [4.78, 5) is 1.98. The number of thiophene rings is 1. The molecule has 3 rings (SSSR count). The Balaban J connectivity index is 1.53. The molecule has 3 heterocycles. The molecule has 0 radical (unpaired) electrons. The van der Waals surface area contributed by atoms with Crippen LogP contribution in [0.4, 0.5) is 0 Å². The Morgan fingerprint density at radius 3 is 2.65 bits per heavy atom. The van der Waals surface area contributed by atoms with Crippen LogP contribution in [-0.2, 0) is 16.6 Å². The Labute approximate surface area is 144 Å². The summed E-state index contributed by atoms with van der Waals surface area (Å²) in [5.41, 5.74) is 0. The van der Waals surface area contributed by atoms with Crippen LogP contribution in [0.15, 0.2) is 44.5 Å². The van der Waals surface area contributed by atoms with Crippen LogP contribution in [0.25, 0.3) is 0 Å². The Kier molecular flexibility index (Phi) is 5.00. The normalized spacial score (nSPS) is 16.4. The van der Waals surface area contributed by atoms with E-state index in [1.54, 1.807) is 23.8 Å². The molecule has 23 heavy (non-hydrogen) atoms. The summed E-state index contributed by atoms with van der Waals surface area (Å²) in [5, 5.41) is 5.53. The van der Waals surface area contributed by atoms with Crippen molar-refractivity contribution in [2.75, 3.05) is 26.2 Å². The summed E-state index contributed by atoms with van der Waals surface area (Å²) in [6, 6.07) is 7.10. The zero-order valence-electron chi connectivity index (χ0n) is 12.3. The quantitative estimate of drug-likeness (QED) is 0.826. The van der Waals surface area contributed by atoms with Crippen molar-refractivity contribution in [3.63, 3.8) is 0 Å². The lowest BCUT2D eigenvalue weighted by Gasteiger charge is -2.35. The fourth-order valence-electron chi connectivity index (χ4n) is 2.36. The first-order valence-corrected chi connectivity index (χ1v) is 9.89. The van der Waals surface area contributed by atoms with E-state index in [-0.39, 0.29) is 0 Å². The highest BCUT2D eigenvalue weighted by Crippen LogP contribution is 2.22. The van der Waals surface area contributed by atoms with Gasteiger partial charge in [-0.1, -0.05) is 6.07 Å². The molecule has 0 saturated carbocycles. The second-order valence-electron chi connectivity index (χ2n) is 5.06. The number of rotatable bonds is 4. The third kappa shape index (κ3) is 3.74. The molecule has 1 aliphatic rings. The van der Waals surface area contributed by atoms with E-state index in [0.29, 0.717) is 42.0 Å². The van der Waals surface area contributed by atoms with Crippen LogP contribution in [0, 0.1) is 0 Å². The minimum atomic E-state index is -3.37. The molecule has 1 N–H and O–H groups in total. The van der Waals surface area contributed by atoms with E-state index in [4.69, 9.17) is 16.6 Å². The molecule has 0 amide bonds. The van der Waals surface area contributed by atoms with E-state index in [9.17, 15) is 8.42 Å². The van der Waals surface area contributed by atoms with Gasteiger partial charge in [0.05, 0.1) is 12.8 Å². The topological polar surface area (TPSA) is 65.8 Å². The summed E-state index contributed by atoms with van der Waals surface area (Å²) >= 11 is 6.61. The molecule has 2 aromatic rings. The monoisotopic (exact) mass is 371 g/mol. The van der Waals surface area contributed by atoms with Crippen molar-refractivity contribution in [1.29, 1.82) is 0 Å².